The molecule has 0 aromatic heterocycles. The molecular weight excluding hydrogens is 299 g/mol. The second-order valence-electron chi connectivity index (χ2n) is 6.75. The Morgan fingerprint density at radius 3 is 2.52 bits per heavy atom. The number of amides is 1. The molecule has 0 spiro atoms. The number of rotatable bonds is 3. The summed E-state index contributed by atoms with van der Waals surface area (Å²) in [7, 11) is 1.63. The van der Waals surface area contributed by atoms with Crippen LogP contribution in [-0.2, 0) is 9.47 Å². The van der Waals surface area contributed by atoms with E-state index >= 15 is 0 Å². The minimum Gasteiger partial charge on any atom is -0.444 e. The van der Waals surface area contributed by atoms with Crippen LogP contribution in [-0.4, -0.2) is 48.9 Å². The van der Waals surface area contributed by atoms with E-state index in [9.17, 15) is 9.18 Å². The first-order valence-corrected chi connectivity index (χ1v) is 7.81. The molecule has 1 aromatic rings. The molecule has 0 bridgehead atoms. The minimum absolute atomic E-state index is 0.0594. The van der Waals surface area contributed by atoms with E-state index < -0.39 is 5.60 Å². The number of benzene rings is 1. The molecule has 23 heavy (non-hydrogen) atoms. The number of carbonyl (C=O) groups is 1. The van der Waals surface area contributed by atoms with Crippen LogP contribution in [0.1, 0.15) is 27.2 Å². The number of nitrogens with zero attached hydrogens (tertiary/aromatic N) is 1. The van der Waals surface area contributed by atoms with E-state index in [0.717, 1.165) is 12.1 Å². The second-order valence-corrected chi connectivity index (χ2v) is 6.75. The number of hydrogen-bond donors (Lipinski definition) is 1. The lowest BCUT2D eigenvalue weighted by molar-refractivity contribution is -0.0101. The molecule has 1 fully saturated rings. The summed E-state index contributed by atoms with van der Waals surface area (Å²) < 4.78 is 23.9. The van der Waals surface area contributed by atoms with Crippen LogP contribution in [0.25, 0.3) is 0 Å². The van der Waals surface area contributed by atoms with Gasteiger partial charge in [-0.15, -0.1) is 0 Å². The van der Waals surface area contributed by atoms with Gasteiger partial charge >= 0.3 is 6.09 Å². The van der Waals surface area contributed by atoms with E-state index in [1.54, 1.807) is 24.1 Å². The van der Waals surface area contributed by atoms with Crippen LogP contribution >= 0.6 is 0 Å². The maximum atomic E-state index is 13.0. The Morgan fingerprint density at radius 2 is 1.96 bits per heavy atom. The fourth-order valence-electron chi connectivity index (χ4n) is 2.57. The van der Waals surface area contributed by atoms with Gasteiger partial charge in [-0.2, -0.15) is 0 Å². The molecule has 1 aliphatic rings. The van der Waals surface area contributed by atoms with Crippen LogP contribution in [0.5, 0.6) is 0 Å². The van der Waals surface area contributed by atoms with Crippen LogP contribution in [0.15, 0.2) is 24.3 Å². The molecule has 2 rings (SSSR count). The lowest BCUT2D eigenvalue weighted by Gasteiger charge is -2.38. The average molecular weight is 324 g/mol. The molecule has 0 radical (unpaired) electrons. The lowest BCUT2D eigenvalue weighted by Crippen LogP contribution is -2.53. The van der Waals surface area contributed by atoms with E-state index in [4.69, 9.17) is 9.47 Å². The van der Waals surface area contributed by atoms with Crippen molar-refractivity contribution in [2.75, 3.05) is 25.5 Å². The van der Waals surface area contributed by atoms with Crippen molar-refractivity contribution in [2.45, 2.75) is 44.9 Å². The van der Waals surface area contributed by atoms with Crippen molar-refractivity contribution >= 4 is 11.8 Å². The molecule has 1 heterocycles. The van der Waals surface area contributed by atoms with Gasteiger partial charge < -0.3 is 19.7 Å². The zero-order chi connectivity index (χ0) is 17.0. The number of piperidine rings is 1. The number of methoxy groups -OCH3 is 1. The highest BCUT2D eigenvalue weighted by atomic mass is 19.1. The van der Waals surface area contributed by atoms with Gasteiger partial charge in [0.1, 0.15) is 11.4 Å². The van der Waals surface area contributed by atoms with Crippen LogP contribution in [0.3, 0.4) is 0 Å². The van der Waals surface area contributed by atoms with Crippen molar-refractivity contribution in [3.63, 3.8) is 0 Å². The molecule has 6 heteroatoms. The molecule has 1 saturated heterocycles. The fraction of sp³-hybridized carbons (Fsp3) is 0.588. The van der Waals surface area contributed by atoms with Gasteiger partial charge in [-0.05, 0) is 51.5 Å². The Labute approximate surface area is 136 Å². The molecule has 1 N–H and O–H groups in total. The van der Waals surface area contributed by atoms with Crippen molar-refractivity contribution < 1.29 is 18.7 Å². The average Bonchev–Trinajstić information content (AvgIpc) is 2.48. The number of hydrogen-bond acceptors (Lipinski definition) is 4. The summed E-state index contributed by atoms with van der Waals surface area (Å²) in [6, 6.07) is 6.29. The second kappa shape index (κ2) is 7.17. The molecule has 0 unspecified atom stereocenters. The summed E-state index contributed by atoms with van der Waals surface area (Å²) in [5.74, 6) is -0.265. The first-order valence-electron chi connectivity index (χ1n) is 7.81. The van der Waals surface area contributed by atoms with Crippen molar-refractivity contribution in [1.82, 2.24) is 4.90 Å². The zero-order valence-electron chi connectivity index (χ0n) is 14.1. The molecule has 1 aliphatic heterocycles. The van der Waals surface area contributed by atoms with E-state index in [1.807, 2.05) is 20.8 Å². The number of likely N-dealkylation sites (tertiary alicyclic amines) is 1. The number of halogens is 1. The lowest BCUT2D eigenvalue weighted by atomic mass is 10.0. The maximum absolute atomic E-state index is 13.0. The third-order valence-electron chi connectivity index (χ3n) is 3.71. The van der Waals surface area contributed by atoms with Crippen LogP contribution in [0.4, 0.5) is 14.9 Å². The van der Waals surface area contributed by atoms with Gasteiger partial charge in [-0.3, -0.25) is 0 Å². The van der Waals surface area contributed by atoms with E-state index in [0.29, 0.717) is 13.1 Å². The highest BCUT2D eigenvalue weighted by Crippen LogP contribution is 2.21. The third-order valence-corrected chi connectivity index (χ3v) is 3.71. The van der Waals surface area contributed by atoms with Crippen LogP contribution in [0, 0.1) is 5.82 Å². The fourth-order valence-corrected chi connectivity index (χ4v) is 2.57. The maximum Gasteiger partial charge on any atom is 0.410 e. The molecular formula is C17H25FN2O3. The standard InChI is InChI=1S/C17H25FN2O3/c1-17(2,3)23-16(21)20-10-9-14(15(11-20)22-4)19-13-7-5-12(18)6-8-13/h5-8,14-15,19H,9-11H2,1-4H3/t14-,15+/m1/s1. The quantitative estimate of drug-likeness (QED) is 0.927. The Hall–Kier alpha value is -1.82. The summed E-state index contributed by atoms with van der Waals surface area (Å²) >= 11 is 0. The first-order chi connectivity index (χ1) is 10.8. The van der Waals surface area contributed by atoms with E-state index in [2.05, 4.69) is 5.32 Å². The molecule has 2 atom stereocenters. The van der Waals surface area contributed by atoms with E-state index in [1.165, 1.54) is 12.1 Å². The molecule has 5 nitrogen and oxygen atoms in total. The highest BCUT2D eigenvalue weighted by molar-refractivity contribution is 5.68. The van der Waals surface area contributed by atoms with Gasteiger partial charge in [0.2, 0.25) is 0 Å². The van der Waals surface area contributed by atoms with Gasteiger partial charge in [-0.25, -0.2) is 9.18 Å². The van der Waals surface area contributed by atoms with Crippen molar-refractivity contribution in [3.8, 4) is 0 Å². The Morgan fingerprint density at radius 1 is 1.30 bits per heavy atom. The topological polar surface area (TPSA) is 50.8 Å². The third kappa shape index (κ3) is 5.10. The summed E-state index contributed by atoms with van der Waals surface area (Å²) in [5.41, 5.74) is 0.326. The van der Waals surface area contributed by atoms with Gasteiger partial charge in [0, 0.05) is 19.3 Å². The summed E-state index contributed by atoms with van der Waals surface area (Å²) in [5, 5.41) is 3.35. The number of nitrogens with one attached hydrogen (secondary N) is 1. The van der Waals surface area contributed by atoms with Crippen molar-refractivity contribution in [2.24, 2.45) is 0 Å². The number of carbonyl (C=O) groups excluding carboxylic acids is 1. The van der Waals surface area contributed by atoms with Crippen molar-refractivity contribution in [1.29, 1.82) is 0 Å². The van der Waals surface area contributed by atoms with Crippen LogP contribution < -0.4 is 5.32 Å². The predicted octanol–water partition coefficient (Wildman–Crippen LogP) is 3.26. The van der Waals surface area contributed by atoms with Crippen LogP contribution in [0.2, 0.25) is 0 Å². The highest BCUT2D eigenvalue weighted by Gasteiger charge is 2.33. The monoisotopic (exact) mass is 324 g/mol. The zero-order valence-corrected chi connectivity index (χ0v) is 14.1. The number of ether oxygens (including phenoxy) is 2. The van der Waals surface area contributed by atoms with Gasteiger partial charge in [0.15, 0.2) is 0 Å². The Kier molecular flexibility index (Phi) is 5.46. The molecule has 128 valence electrons. The Bertz CT molecular complexity index is 528. The minimum atomic E-state index is -0.511. The predicted molar refractivity (Wildman–Crippen MR) is 87.0 cm³/mol. The smallest absolute Gasteiger partial charge is 0.410 e. The van der Waals surface area contributed by atoms with Crippen molar-refractivity contribution in [3.05, 3.63) is 30.1 Å². The molecule has 0 saturated carbocycles. The molecule has 1 aromatic carbocycles. The number of anilines is 1. The van der Waals surface area contributed by atoms with Gasteiger partial charge in [0.05, 0.1) is 18.7 Å². The Balaban J connectivity index is 1.96. The SMILES string of the molecule is CO[C@H]1CN(C(=O)OC(C)(C)C)CC[C@H]1Nc1ccc(F)cc1. The van der Waals surface area contributed by atoms with Gasteiger partial charge in [0.25, 0.3) is 0 Å². The molecule has 0 aliphatic carbocycles. The molecule has 1 amide bonds. The van der Waals surface area contributed by atoms with E-state index in [-0.39, 0.29) is 24.1 Å². The summed E-state index contributed by atoms with van der Waals surface area (Å²) in [4.78, 5) is 13.8. The van der Waals surface area contributed by atoms with Gasteiger partial charge in [-0.1, -0.05) is 0 Å². The normalized spacial score (nSPS) is 21.9. The first kappa shape index (κ1) is 17.5. The summed E-state index contributed by atoms with van der Waals surface area (Å²) in [6.45, 7) is 6.60. The largest absolute Gasteiger partial charge is 0.444 e. The summed E-state index contributed by atoms with van der Waals surface area (Å²) in [6.07, 6.45) is 0.260.